The number of hydrogen-bond donors (Lipinski definition) is 0. The topological polar surface area (TPSA) is 17.1 Å². The summed E-state index contributed by atoms with van der Waals surface area (Å²) in [5, 5.41) is 0. The van der Waals surface area contributed by atoms with Crippen LogP contribution in [-0.4, -0.2) is 5.78 Å². The molecule has 1 heteroatoms. The van der Waals surface area contributed by atoms with Crippen LogP contribution in [0.25, 0.3) is 0 Å². The van der Waals surface area contributed by atoms with Crippen LogP contribution >= 0.6 is 0 Å². The minimum atomic E-state index is 0.259. The maximum absolute atomic E-state index is 12.0. The Balaban J connectivity index is 2.35. The lowest BCUT2D eigenvalue weighted by Crippen LogP contribution is -2.62. The lowest BCUT2D eigenvalue weighted by Gasteiger charge is -2.64. The Bertz CT molecular complexity index is 277. The first-order valence-electron chi connectivity index (χ1n) is 5.83. The Morgan fingerprint density at radius 2 is 1.86 bits per heavy atom. The molecule has 0 N–H and O–H groups in total. The van der Waals surface area contributed by atoms with Gasteiger partial charge in [-0.3, -0.25) is 4.79 Å². The first-order valence-corrected chi connectivity index (χ1v) is 5.83. The number of ketones is 1. The quantitative estimate of drug-likeness (QED) is 0.626. The zero-order chi connectivity index (χ0) is 10.7. The summed E-state index contributed by atoms with van der Waals surface area (Å²) in [6, 6.07) is 0. The van der Waals surface area contributed by atoms with E-state index >= 15 is 0 Å². The fourth-order valence-electron chi connectivity index (χ4n) is 3.82. The Kier molecular flexibility index (Phi) is 1.91. The number of fused-ring (bicyclic) bond motifs is 2. The Hall–Kier alpha value is -0.330. The number of Topliss-reactive ketones (excluding diaryl/α,β-unsaturated/α-hetero) is 1. The summed E-state index contributed by atoms with van der Waals surface area (Å²) in [5.41, 5.74) is 0.531. The van der Waals surface area contributed by atoms with E-state index in [-0.39, 0.29) is 10.8 Å². The summed E-state index contributed by atoms with van der Waals surface area (Å²) in [4.78, 5) is 12.0. The van der Waals surface area contributed by atoms with E-state index in [1.165, 1.54) is 0 Å². The van der Waals surface area contributed by atoms with E-state index in [1.807, 2.05) is 0 Å². The molecule has 0 amide bonds. The number of carbonyl (C=O) groups excluding carboxylic acids is 1. The second kappa shape index (κ2) is 2.62. The van der Waals surface area contributed by atoms with Gasteiger partial charge in [0.2, 0.25) is 0 Å². The van der Waals surface area contributed by atoms with Gasteiger partial charge in [-0.25, -0.2) is 0 Å². The van der Waals surface area contributed by atoms with Crippen LogP contribution in [0.1, 0.15) is 47.5 Å². The van der Waals surface area contributed by atoms with Crippen molar-refractivity contribution in [2.45, 2.75) is 47.5 Å². The predicted octanol–water partition coefficient (Wildman–Crippen LogP) is 3.28. The molecule has 3 fully saturated rings. The molecule has 0 aromatic carbocycles. The van der Waals surface area contributed by atoms with Crippen molar-refractivity contribution in [1.29, 1.82) is 0 Å². The molecule has 2 bridgehead atoms. The minimum Gasteiger partial charge on any atom is -0.299 e. The highest BCUT2D eigenvalue weighted by Crippen LogP contribution is 2.66. The Morgan fingerprint density at radius 3 is 2.21 bits per heavy atom. The molecule has 3 aliphatic rings. The lowest BCUT2D eigenvalue weighted by molar-refractivity contribution is -0.181. The molecule has 80 valence electrons. The fraction of sp³-hybridized carbons (Fsp3) is 0.923. The van der Waals surface area contributed by atoms with E-state index in [2.05, 4.69) is 34.6 Å². The highest BCUT2D eigenvalue weighted by Gasteiger charge is 2.63. The third-order valence-corrected chi connectivity index (χ3v) is 5.33. The van der Waals surface area contributed by atoms with Gasteiger partial charge in [0, 0.05) is 12.3 Å². The molecule has 0 saturated heterocycles. The van der Waals surface area contributed by atoms with Gasteiger partial charge in [-0.2, -0.15) is 0 Å². The van der Waals surface area contributed by atoms with E-state index in [1.54, 1.807) is 0 Å². The standard InChI is InChI=1S/C13H22O/c1-8(2)13(5)7-10(14)9-6-11(13)12(9,3)4/h8-9,11H,6-7H2,1-5H3. The van der Waals surface area contributed by atoms with Gasteiger partial charge in [0.25, 0.3) is 0 Å². The molecule has 0 aromatic rings. The van der Waals surface area contributed by atoms with Crippen molar-refractivity contribution in [2.75, 3.05) is 0 Å². The summed E-state index contributed by atoms with van der Waals surface area (Å²) in [7, 11) is 0. The molecule has 0 aliphatic heterocycles. The van der Waals surface area contributed by atoms with Crippen molar-refractivity contribution in [2.24, 2.45) is 28.6 Å². The average molecular weight is 194 g/mol. The third kappa shape index (κ3) is 0.988. The maximum Gasteiger partial charge on any atom is 0.137 e. The predicted molar refractivity (Wildman–Crippen MR) is 57.9 cm³/mol. The first-order chi connectivity index (χ1) is 6.30. The monoisotopic (exact) mass is 194 g/mol. The van der Waals surface area contributed by atoms with Crippen molar-refractivity contribution in [3.63, 3.8) is 0 Å². The molecule has 14 heavy (non-hydrogen) atoms. The molecule has 0 spiro atoms. The Morgan fingerprint density at radius 1 is 1.29 bits per heavy atom. The van der Waals surface area contributed by atoms with Crippen LogP contribution in [0.5, 0.6) is 0 Å². The number of carbonyl (C=O) groups is 1. The zero-order valence-electron chi connectivity index (χ0n) is 10.1. The van der Waals surface area contributed by atoms with Gasteiger partial charge >= 0.3 is 0 Å². The maximum atomic E-state index is 12.0. The van der Waals surface area contributed by atoms with E-state index < -0.39 is 0 Å². The van der Waals surface area contributed by atoms with Gasteiger partial charge in [-0.1, -0.05) is 34.6 Å². The first kappa shape index (κ1) is 10.2. The van der Waals surface area contributed by atoms with Gasteiger partial charge < -0.3 is 0 Å². The molecule has 0 radical (unpaired) electrons. The van der Waals surface area contributed by atoms with Crippen LogP contribution in [0.4, 0.5) is 0 Å². The molecule has 3 rings (SSSR count). The number of rotatable bonds is 1. The van der Waals surface area contributed by atoms with Gasteiger partial charge in [-0.15, -0.1) is 0 Å². The van der Waals surface area contributed by atoms with Crippen molar-refractivity contribution < 1.29 is 4.79 Å². The van der Waals surface area contributed by atoms with Crippen molar-refractivity contribution in [1.82, 2.24) is 0 Å². The molecule has 3 atom stereocenters. The smallest absolute Gasteiger partial charge is 0.137 e. The zero-order valence-corrected chi connectivity index (χ0v) is 10.1. The molecule has 3 saturated carbocycles. The highest BCUT2D eigenvalue weighted by atomic mass is 16.1. The van der Waals surface area contributed by atoms with Crippen LogP contribution < -0.4 is 0 Å². The van der Waals surface area contributed by atoms with Gasteiger partial charge in [-0.05, 0) is 29.1 Å². The fourth-order valence-corrected chi connectivity index (χ4v) is 3.82. The van der Waals surface area contributed by atoms with Crippen LogP contribution in [0.15, 0.2) is 0 Å². The van der Waals surface area contributed by atoms with E-state index in [4.69, 9.17) is 0 Å². The van der Waals surface area contributed by atoms with E-state index in [0.29, 0.717) is 17.6 Å². The molecular formula is C13H22O. The van der Waals surface area contributed by atoms with Gasteiger partial charge in [0.15, 0.2) is 0 Å². The largest absolute Gasteiger partial charge is 0.299 e. The second-order valence-corrected chi connectivity index (χ2v) is 6.47. The molecule has 3 unspecified atom stereocenters. The Labute approximate surface area is 87.3 Å². The molecule has 0 aromatic heterocycles. The van der Waals surface area contributed by atoms with Crippen molar-refractivity contribution >= 4 is 5.78 Å². The summed E-state index contributed by atoms with van der Waals surface area (Å²) in [5.74, 6) is 2.28. The molecule has 0 heterocycles. The van der Waals surface area contributed by atoms with Gasteiger partial charge in [0.05, 0.1) is 0 Å². The van der Waals surface area contributed by atoms with Gasteiger partial charge in [0.1, 0.15) is 5.78 Å². The highest BCUT2D eigenvalue weighted by molar-refractivity contribution is 5.85. The molecular weight excluding hydrogens is 172 g/mol. The van der Waals surface area contributed by atoms with Crippen molar-refractivity contribution in [3.05, 3.63) is 0 Å². The third-order valence-electron chi connectivity index (χ3n) is 5.33. The summed E-state index contributed by atoms with van der Waals surface area (Å²) >= 11 is 0. The van der Waals surface area contributed by atoms with E-state index in [0.717, 1.165) is 18.8 Å². The molecule has 3 aliphatic carbocycles. The second-order valence-electron chi connectivity index (χ2n) is 6.47. The van der Waals surface area contributed by atoms with Crippen LogP contribution in [0.3, 0.4) is 0 Å². The number of hydrogen-bond acceptors (Lipinski definition) is 1. The van der Waals surface area contributed by atoms with E-state index in [9.17, 15) is 4.79 Å². The van der Waals surface area contributed by atoms with Crippen LogP contribution in [0.2, 0.25) is 0 Å². The summed E-state index contributed by atoms with van der Waals surface area (Å²) in [6.45, 7) is 11.4. The lowest BCUT2D eigenvalue weighted by atomic mass is 9.39. The summed E-state index contributed by atoms with van der Waals surface area (Å²) < 4.78 is 0. The minimum absolute atomic E-state index is 0.259. The van der Waals surface area contributed by atoms with Crippen molar-refractivity contribution in [3.8, 4) is 0 Å². The summed E-state index contributed by atoms with van der Waals surface area (Å²) in [6.07, 6.45) is 1.98. The average Bonchev–Trinajstić information content (AvgIpc) is 2.01. The van der Waals surface area contributed by atoms with Crippen LogP contribution in [0, 0.1) is 28.6 Å². The normalized spacial score (nSPS) is 45.1. The van der Waals surface area contributed by atoms with Crippen LogP contribution in [-0.2, 0) is 4.79 Å². The molecule has 1 nitrogen and oxygen atoms in total. The SMILES string of the molecule is CC(C)C1(C)CC(=O)C2CC1C2(C)C.